The fourth-order valence-electron chi connectivity index (χ4n) is 1.60. The molecule has 0 aliphatic carbocycles. The second kappa shape index (κ2) is 8.26. The number of nitrogens with two attached hydrogens (primary N) is 1. The molecule has 1 rings (SSSR count). The van der Waals surface area contributed by atoms with Gasteiger partial charge in [0.1, 0.15) is 0 Å². The van der Waals surface area contributed by atoms with E-state index < -0.39 is 0 Å². The van der Waals surface area contributed by atoms with E-state index in [1.807, 2.05) is 6.92 Å². The standard InChI is InChI=1S/C14H21N3O2/c1-2-10-16-14(19)11-6-3-4-7-12(11)17-13(18)8-5-9-15/h3-4,6-7H,2,5,8-10,15H2,1H3,(H,16,19)(H,17,18). The van der Waals surface area contributed by atoms with E-state index in [9.17, 15) is 9.59 Å². The number of anilines is 1. The highest BCUT2D eigenvalue weighted by molar-refractivity contribution is 6.03. The number of benzene rings is 1. The van der Waals surface area contributed by atoms with Crippen molar-refractivity contribution in [3.05, 3.63) is 29.8 Å². The molecule has 104 valence electrons. The van der Waals surface area contributed by atoms with E-state index in [1.54, 1.807) is 24.3 Å². The third kappa shape index (κ3) is 5.09. The van der Waals surface area contributed by atoms with Gasteiger partial charge in [0, 0.05) is 13.0 Å². The molecule has 0 bridgehead atoms. The lowest BCUT2D eigenvalue weighted by molar-refractivity contribution is -0.116. The summed E-state index contributed by atoms with van der Waals surface area (Å²) in [5.41, 5.74) is 6.38. The van der Waals surface area contributed by atoms with Gasteiger partial charge < -0.3 is 16.4 Å². The quantitative estimate of drug-likeness (QED) is 0.697. The lowest BCUT2D eigenvalue weighted by Crippen LogP contribution is -2.25. The van der Waals surface area contributed by atoms with Crippen LogP contribution in [0.15, 0.2) is 24.3 Å². The molecule has 4 N–H and O–H groups in total. The number of carbonyl (C=O) groups is 2. The summed E-state index contributed by atoms with van der Waals surface area (Å²) >= 11 is 0. The van der Waals surface area contributed by atoms with E-state index in [0.29, 0.717) is 37.2 Å². The number of nitrogens with one attached hydrogen (secondary N) is 2. The monoisotopic (exact) mass is 263 g/mol. The van der Waals surface area contributed by atoms with E-state index in [2.05, 4.69) is 10.6 Å². The number of para-hydroxylation sites is 1. The summed E-state index contributed by atoms with van der Waals surface area (Å²) in [5.74, 6) is -0.294. The lowest BCUT2D eigenvalue weighted by Gasteiger charge is -2.10. The van der Waals surface area contributed by atoms with Crippen molar-refractivity contribution in [2.75, 3.05) is 18.4 Å². The van der Waals surface area contributed by atoms with Crippen LogP contribution in [0.5, 0.6) is 0 Å². The Morgan fingerprint density at radius 1 is 1.26 bits per heavy atom. The first-order valence-corrected chi connectivity index (χ1v) is 6.56. The molecule has 0 fully saturated rings. The molecule has 1 aromatic carbocycles. The minimum Gasteiger partial charge on any atom is -0.352 e. The molecule has 0 aliphatic rings. The fourth-order valence-corrected chi connectivity index (χ4v) is 1.60. The Balaban J connectivity index is 2.72. The normalized spacial score (nSPS) is 10.0. The predicted octanol–water partition coefficient (Wildman–Crippen LogP) is 1.50. The Morgan fingerprint density at radius 3 is 2.68 bits per heavy atom. The molecule has 5 heteroatoms. The minimum atomic E-state index is -0.170. The minimum absolute atomic E-state index is 0.124. The summed E-state index contributed by atoms with van der Waals surface area (Å²) in [6.07, 6.45) is 1.87. The highest BCUT2D eigenvalue weighted by Gasteiger charge is 2.11. The van der Waals surface area contributed by atoms with Gasteiger partial charge in [0.05, 0.1) is 11.3 Å². The molecule has 0 atom stereocenters. The van der Waals surface area contributed by atoms with Crippen LogP contribution in [0.3, 0.4) is 0 Å². The molecule has 0 spiro atoms. The van der Waals surface area contributed by atoms with Crippen LogP contribution in [0.25, 0.3) is 0 Å². The van der Waals surface area contributed by atoms with Crippen LogP contribution in [0, 0.1) is 0 Å². The third-order valence-electron chi connectivity index (χ3n) is 2.59. The predicted molar refractivity (Wildman–Crippen MR) is 76.0 cm³/mol. The molecule has 0 saturated carbocycles. The van der Waals surface area contributed by atoms with Crippen molar-refractivity contribution in [2.24, 2.45) is 5.73 Å². The molecular weight excluding hydrogens is 242 g/mol. The number of hydrogen-bond acceptors (Lipinski definition) is 3. The van der Waals surface area contributed by atoms with Crippen LogP contribution in [-0.2, 0) is 4.79 Å². The molecule has 0 radical (unpaired) electrons. The Bertz CT molecular complexity index is 432. The summed E-state index contributed by atoms with van der Waals surface area (Å²) in [5, 5.41) is 5.54. The molecule has 0 aliphatic heterocycles. The fraction of sp³-hybridized carbons (Fsp3) is 0.429. The summed E-state index contributed by atoms with van der Waals surface area (Å²) in [4.78, 5) is 23.6. The van der Waals surface area contributed by atoms with Gasteiger partial charge in [-0.3, -0.25) is 9.59 Å². The van der Waals surface area contributed by atoms with Crippen LogP contribution >= 0.6 is 0 Å². The second-order valence-corrected chi connectivity index (χ2v) is 4.24. The summed E-state index contributed by atoms with van der Waals surface area (Å²) in [6, 6.07) is 6.98. The highest BCUT2D eigenvalue weighted by atomic mass is 16.2. The van der Waals surface area contributed by atoms with Gasteiger partial charge in [0.25, 0.3) is 5.91 Å². The Morgan fingerprint density at radius 2 is 2.00 bits per heavy atom. The van der Waals surface area contributed by atoms with E-state index in [-0.39, 0.29) is 11.8 Å². The number of hydrogen-bond donors (Lipinski definition) is 3. The van der Waals surface area contributed by atoms with Gasteiger partial charge in [-0.25, -0.2) is 0 Å². The second-order valence-electron chi connectivity index (χ2n) is 4.24. The van der Waals surface area contributed by atoms with E-state index in [1.165, 1.54) is 0 Å². The van der Waals surface area contributed by atoms with Gasteiger partial charge in [-0.2, -0.15) is 0 Å². The van der Waals surface area contributed by atoms with E-state index >= 15 is 0 Å². The molecule has 5 nitrogen and oxygen atoms in total. The zero-order valence-electron chi connectivity index (χ0n) is 11.2. The highest BCUT2D eigenvalue weighted by Crippen LogP contribution is 2.15. The topological polar surface area (TPSA) is 84.2 Å². The van der Waals surface area contributed by atoms with Gasteiger partial charge in [-0.1, -0.05) is 19.1 Å². The summed E-state index contributed by atoms with van der Waals surface area (Å²) < 4.78 is 0. The first kappa shape index (κ1) is 15.2. The Hall–Kier alpha value is -1.88. The van der Waals surface area contributed by atoms with E-state index in [0.717, 1.165) is 6.42 Å². The maximum absolute atomic E-state index is 11.9. The zero-order valence-corrected chi connectivity index (χ0v) is 11.2. The van der Waals surface area contributed by atoms with Crippen molar-refractivity contribution in [3.63, 3.8) is 0 Å². The van der Waals surface area contributed by atoms with Crippen molar-refractivity contribution < 1.29 is 9.59 Å². The third-order valence-corrected chi connectivity index (χ3v) is 2.59. The molecule has 1 aromatic rings. The molecule has 2 amide bonds. The smallest absolute Gasteiger partial charge is 0.253 e. The van der Waals surface area contributed by atoms with Gasteiger partial charge in [-0.05, 0) is 31.5 Å². The first-order chi connectivity index (χ1) is 9.19. The van der Waals surface area contributed by atoms with Crippen molar-refractivity contribution in [1.29, 1.82) is 0 Å². The lowest BCUT2D eigenvalue weighted by atomic mass is 10.1. The van der Waals surface area contributed by atoms with Crippen LogP contribution in [0.2, 0.25) is 0 Å². The van der Waals surface area contributed by atoms with Crippen molar-refractivity contribution >= 4 is 17.5 Å². The Kier molecular flexibility index (Phi) is 6.60. The van der Waals surface area contributed by atoms with Crippen molar-refractivity contribution in [2.45, 2.75) is 26.2 Å². The van der Waals surface area contributed by atoms with E-state index in [4.69, 9.17) is 5.73 Å². The zero-order chi connectivity index (χ0) is 14.1. The SMILES string of the molecule is CCCNC(=O)c1ccccc1NC(=O)CCCN. The van der Waals surface area contributed by atoms with Crippen LogP contribution in [0.4, 0.5) is 5.69 Å². The number of amides is 2. The largest absolute Gasteiger partial charge is 0.352 e. The van der Waals surface area contributed by atoms with Crippen molar-refractivity contribution in [3.8, 4) is 0 Å². The van der Waals surface area contributed by atoms with Gasteiger partial charge >= 0.3 is 0 Å². The number of rotatable bonds is 7. The molecule has 0 aromatic heterocycles. The van der Waals surface area contributed by atoms with Gasteiger partial charge in [0.15, 0.2) is 0 Å². The van der Waals surface area contributed by atoms with Gasteiger partial charge in [0.2, 0.25) is 5.91 Å². The summed E-state index contributed by atoms with van der Waals surface area (Å²) in [6.45, 7) is 3.08. The summed E-state index contributed by atoms with van der Waals surface area (Å²) in [7, 11) is 0. The van der Waals surface area contributed by atoms with Gasteiger partial charge in [-0.15, -0.1) is 0 Å². The molecule has 0 heterocycles. The maximum atomic E-state index is 11.9. The maximum Gasteiger partial charge on any atom is 0.253 e. The number of carbonyl (C=O) groups excluding carboxylic acids is 2. The average molecular weight is 263 g/mol. The van der Waals surface area contributed by atoms with Crippen molar-refractivity contribution in [1.82, 2.24) is 5.32 Å². The molecule has 0 unspecified atom stereocenters. The van der Waals surface area contributed by atoms with Crippen LogP contribution in [0.1, 0.15) is 36.5 Å². The average Bonchev–Trinajstić information content (AvgIpc) is 2.43. The molecular formula is C14H21N3O2. The van der Waals surface area contributed by atoms with Crippen LogP contribution < -0.4 is 16.4 Å². The molecule has 19 heavy (non-hydrogen) atoms. The molecule has 0 saturated heterocycles. The Labute approximate surface area is 113 Å². The van der Waals surface area contributed by atoms with Crippen LogP contribution in [-0.4, -0.2) is 24.9 Å². The first-order valence-electron chi connectivity index (χ1n) is 6.56.